The average molecular weight is 302 g/mol. The number of rotatable bonds is 8. The third-order valence-electron chi connectivity index (χ3n) is 3.02. The molecule has 2 rings (SSSR count). The van der Waals surface area contributed by atoms with Crippen LogP contribution in [0.5, 0.6) is 0 Å². The molecule has 1 amide bonds. The van der Waals surface area contributed by atoms with Crippen molar-refractivity contribution in [3.05, 3.63) is 16.1 Å². The number of likely N-dealkylation sites (N-methyl/N-ethyl adjacent to an activating group) is 1. The first-order valence-electron chi connectivity index (χ1n) is 6.64. The molecule has 0 atom stereocenters. The summed E-state index contributed by atoms with van der Waals surface area (Å²) in [7, 11) is 1.98. The number of thiazole rings is 1. The number of carbonyl (C=O) groups is 1. The molecular formula is C13H20ClN3OS. The Kier molecular flexibility index (Phi) is 5.60. The summed E-state index contributed by atoms with van der Waals surface area (Å²) in [6.45, 7) is 1.40. The third kappa shape index (κ3) is 5.47. The van der Waals surface area contributed by atoms with E-state index in [4.69, 9.17) is 11.6 Å². The van der Waals surface area contributed by atoms with Gasteiger partial charge in [-0.15, -0.1) is 22.9 Å². The maximum absolute atomic E-state index is 11.6. The number of nitrogens with zero attached hydrogens (tertiary/aromatic N) is 2. The molecule has 1 saturated carbocycles. The van der Waals surface area contributed by atoms with Crippen LogP contribution in [0, 0.1) is 0 Å². The van der Waals surface area contributed by atoms with Crippen LogP contribution in [0.25, 0.3) is 0 Å². The Hall–Kier alpha value is -0.650. The highest BCUT2D eigenvalue weighted by molar-refractivity contribution is 7.09. The predicted octanol–water partition coefficient (Wildman–Crippen LogP) is 2.02. The van der Waals surface area contributed by atoms with Crippen molar-refractivity contribution in [2.45, 2.75) is 37.6 Å². The van der Waals surface area contributed by atoms with Gasteiger partial charge in [0, 0.05) is 17.8 Å². The zero-order valence-electron chi connectivity index (χ0n) is 11.2. The van der Waals surface area contributed by atoms with Crippen LogP contribution >= 0.6 is 22.9 Å². The number of aryl methyl sites for hydroxylation is 1. The first-order valence-corrected chi connectivity index (χ1v) is 8.06. The zero-order chi connectivity index (χ0) is 13.7. The van der Waals surface area contributed by atoms with Crippen LogP contribution in [0.3, 0.4) is 0 Å². The van der Waals surface area contributed by atoms with Crippen molar-refractivity contribution < 1.29 is 4.79 Å². The Morgan fingerprint density at radius 1 is 1.63 bits per heavy atom. The van der Waals surface area contributed by atoms with Gasteiger partial charge in [0.1, 0.15) is 0 Å². The van der Waals surface area contributed by atoms with Gasteiger partial charge < -0.3 is 5.32 Å². The maximum atomic E-state index is 11.6. The van der Waals surface area contributed by atoms with Crippen LogP contribution in [-0.2, 0) is 17.1 Å². The molecule has 0 radical (unpaired) electrons. The Morgan fingerprint density at radius 2 is 2.42 bits per heavy atom. The molecule has 0 aromatic carbocycles. The third-order valence-corrected chi connectivity index (χ3v) is 4.25. The molecule has 0 bridgehead atoms. The smallest absolute Gasteiger partial charge is 0.234 e. The molecule has 0 unspecified atom stereocenters. The van der Waals surface area contributed by atoms with E-state index in [0.717, 1.165) is 42.9 Å². The molecule has 6 heteroatoms. The molecular weight excluding hydrogens is 282 g/mol. The molecule has 0 spiro atoms. The van der Waals surface area contributed by atoms with Crippen molar-refractivity contribution in [3.8, 4) is 0 Å². The molecule has 1 N–H and O–H groups in total. The highest BCUT2D eigenvalue weighted by atomic mass is 35.5. The van der Waals surface area contributed by atoms with Crippen molar-refractivity contribution in [2.75, 3.05) is 20.1 Å². The molecule has 1 aromatic heterocycles. The fourth-order valence-corrected chi connectivity index (χ4v) is 2.92. The number of hydrogen-bond donors (Lipinski definition) is 1. The second kappa shape index (κ2) is 7.22. The van der Waals surface area contributed by atoms with Crippen LogP contribution in [0.4, 0.5) is 0 Å². The van der Waals surface area contributed by atoms with Gasteiger partial charge >= 0.3 is 0 Å². The minimum atomic E-state index is 0.142. The number of amides is 1. The average Bonchev–Trinajstić information content (AvgIpc) is 3.05. The summed E-state index contributed by atoms with van der Waals surface area (Å²) in [5.41, 5.74) is 0.957. The molecule has 1 aliphatic rings. The van der Waals surface area contributed by atoms with E-state index in [9.17, 15) is 4.79 Å². The molecule has 1 fully saturated rings. The van der Waals surface area contributed by atoms with Crippen LogP contribution in [0.2, 0.25) is 0 Å². The predicted molar refractivity (Wildman–Crippen MR) is 78.7 cm³/mol. The lowest BCUT2D eigenvalue weighted by Crippen LogP contribution is -2.36. The van der Waals surface area contributed by atoms with Gasteiger partial charge in [-0.2, -0.15) is 0 Å². The highest BCUT2D eigenvalue weighted by Crippen LogP contribution is 2.18. The largest absolute Gasteiger partial charge is 0.352 e. The van der Waals surface area contributed by atoms with E-state index in [2.05, 4.69) is 15.2 Å². The number of hydrogen-bond acceptors (Lipinski definition) is 4. The lowest BCUT2D eigenvalue weighted by Gasteiger charge is -2.15. The van der Waals surface area contributed by atoms with E-state index >= 15 is 0 Å². The van der Waals surface area contributed by atoms with E-state index in [1.165, 1.54) is 0 Å². The van der Waals surface area contributed by atoms with Crippen molar-refractivity contribution in [1.29, 1.82) is 0 Å². The van der Waals surface area contributed by atoms with E-state index in [0.29, 0.717) is 18.5 Å². The van der Waals surface area contributed by atoms with Gasteiger partial charge in [0.25, 0.3) is 0 Å². The van der Waals surface area contributed by atoms with E-state index < -0.39 is 0 Å². The second-order valence-electron chi connectivity index (χ2n) is 5.05. The van der Waals surface area contributed by atoms with Crippen molar-refractivity contribution in [1.82, 2.24) is 15.2 Å². The Morgan fingerprint density at radius 3 is 3.05 bits per heavy atom. The second-order valence-corrected chi connectivity index (χ2v) is 6.26. The lowest BCUT2D eigenvalue weighted by atomic mass is 10.3. The first-order chi connectivity index (χ1) is 9.17. The molecule has 0 aliphatic heterocycles. The minimum Gasteiger partial charge on any atom is -0.352 e. The molecule has 1 aliphatic carbocycles. The summed E-state index contributed by atoms with van der Waals surface area (Å²) >= 11 is 7.38. The SMILES string of the molecule is CN(CCCc1nc(CCl)cs1)CC(=O)NC1CC1. The van der Waals surface area contributed by atoms with Crippen LogP contribution in [-0.4, -0.2) is 42.0 Å². The molecule has 106 valence electrons. The Labute approximate surface area is 123 Å². The summed E-state index contributed by atoms with van der Waals surface area (Å²) in [6, 6.07) is 0.449. The number of halogens is 1. The molecule has 4 nitrogen and oxygen atoms in total. The molecule has 1 heterocycles. The van der Waals surface area contributed by atoms with Crippen molar-refractivity contribution in [2.24, 2.45) is 0 Å². The molecule has 0 saturated heterocycles. The first kappa shape index (κ1) is 14.8. The van der Waals surface area contributed by atoms with Crippen molar-refractivity contribution >= 4 is 28.8 Å². The highest BCUT2D eigenvalue weighted by Gasteiger charge is 2.23. The molecule has 1 aromatic rings. The zero-order valence-corrected chi connectivity index (χ0v) is 12.8. The Balaban J connectivity index is 1.59. The lowest BCUT2D eigenvalue weighted by molar-refractivity contribution is -0.122. The summed E-state index contributed by atoms with van der Waals surface area (Å²) in [5.74, 6) is 0.626. The summed E-state index contributed by atoms with van der Waals surface area (Å²) in [6.07, 6.45) is 4.25. The van der Waals surface area contributed by atoms with E-state index in [1.807, 2.05) is 12.4 Å². The monoisotopic (exact) mass is 301 g/mol. The summed E-state index contributed by atoms with van der Waals surface area (Å²) in [4.78, 5) is 18.1. The fraction of sp³-hybridized carbons (Fsp3) is 0.692. The minimum absolute atomic E-state index is 0.142. The fourth-order valence-electron chi connectivity index (χ4n) is 1.85. The quantitative estimate of drug-likeness (QED) is 0.747. The summed E-state index contributed by atoms with van der Waals surface area (Å²) in [5, 5.41) is 6.14. The summed E-state index contributed by atoms with van der Waals surface area (Å²) < 4.78 is 0. The van der Waals surface area contributed by atoms with Crippen LogP contribution in [0.15, 0.2) is 5.38 Å². The number of nitrogens with one attached hydrogen (secondary N) is 1. The van der Waals surface area contributed by atoms with E-state index in [1.54, 1.807) is 11.3 Å². The number of aromatic nitrogens is 1. The van der Waals surface area contributed by atoms with Gasteiger partial charge in [0.15, 0.2) is 0 Å². The van der Waals surface area contributed by atoms with Crippen LogP contribution in [0.1, 0.15) is 30.0 Å². The Bertz CT molecular complexity index is 420. The van der Waals surface area contributed by atoms with E-state index in [-0.39, 0.29) is 5.91 Å². The van der Waals surface area contributed by atoms with Gasteiger partial charge in [0.2, 0.25) is 5.91 Å². The maximum Gasteiger partial charge on any atom is 0.234 e. The van der Waals surface area contributed by atoms with Gasteiger partial charge in [-0.05, 0) is 32.9 Å². The number of carbonyl (C=O) groups excluding carboxylic acids is 1. The van der Waals surface area contributed by atoms with Gasteiger partial charge in [0.05, 0.1) is 23.1 Å². The van der Waals surface area contributed by atoms with Gasteiger partial charge in [-0.1, -0.05) is 0 Å². The standard InChI is InChI=1S/C13H20ClN3OS/c1-17(8-12(18)15-10-4-5-10)6-2-3-13-16-11(7-14)9-19-13/h9-10H,2-8H2,1H3,(H,15,18). The normalized spacial score (nSPS) is 14.9. The van der Waals surface area contributed by atoms with Gasteiger partial charge in [-0.3, -0.25) is 9.69 Å². The van der Waals surface area contributed by atoms with Crippen molar-refractivity contribution in [3.63, 3.8) is 0 Å². The number of alkyl halides is 1. The molecule has 19 heavy (non-hydrogen) atoms. The van der Waals surface area contributed by atoms with Gasteiger partial charge in [-0.25, -0.2) is 4.98 Å². The van der Waals surface area contributed by atoms with Crippen LogP contribution < -0.4 is 5.32 Å². The topological polar surface area (TPSA) is 45.2 Å².